The Morgan fingerprint density at radius 2 is 1.15 bits per heavy atom. The van der Waals surface area contributed by atoms with Gasteiger partial charge in [0.25, 0.3) is 0 Å². The summed E-state index contributed by atoms with van der Waals surface area (Å²) in [4.78, 5) is 12.0. The Bertz CT molecular complexity index is 751. The summed E-state index contributed by atoms with van der Waals surface area (Å²) in [6.07, 6.45) is 26.5. The van der Waals surface area contributed by atoms with Gasteiger partial charge in [0.05, 0.1) is 25.4 Å². The summed E-state index contributed by atoms with van der Waals surface area (Å²) in [6, 6.07) is -0.796. The van der Waals surface area contributed by atoms with Crippen molar-refractivity contribution in [2.45, 2.75) is 211 Å². The molecule has 0 bridgehead atoms. The van der Waals surface area contributed by atoms with E-state index in [-0.39, 0.29) is 18.9 Å². The van der Waals surface area contributed by atoms with Crippen LogP contribution in [0.3, 0.4) is 0 Å². The maximum atomic E-state index is 12.0. The molecule has 6 N–H and O–H groups in total. The first-order valence-electron chi connectivity index (χ1n) is 19.4. The second-order valence-corrected chi connectivity index (χ2v) is 13.7. The Hall–Kier alpha value is -1.07. The lowest BCUT2D eigenvalue weighted by molar-refractivity contribution is -0.302. The summed E-state index contributed by atoms with van der Waals surface area (Å²) in [5.41, 5.74) is 0. The van der Waals surface area contributed by atoms with Gasteiger partial charge in [0.2, 0.25) is 5.91 Å². The van der Waals surface area contributed by atoms with E-state index in [2.05, 4.69) is 12.2 Å². The second kappa shape index (κ2) is 29.8. The highest BCUT2D eigenvalue weighted by Crippen LogP contribution is 2.22. The van der Waals surface area contributed by atoms with Crippen LogP contribution >= 0.6 is 0 Å². The number of unbranched alkanes of at least 4 members (excludes halogenated alkanes) is 22. The molecule has 9 nitrogen and oxygen atoms in total. The van der Waals surface area contributed by atoms with E-state index in [0.717, 1.165) is 19.3 Å². The van der Waals surface area contributed by atoms with Crippen molar-refractivity contribution in [1.82, 2.24) is 5.32 Å². The molecule has 47 heavy (non-hydrogen) atoms. The lowest BCUT2D eigenvalue weighted by Crippen LogP contribution is -2.60. The number of hydrogen-bond donors (Lipinski definition) is 6. The van der Waals surface area contributed by atoms with E-state index in [4.69, 9.17) is 9.47 Å². The molecule has 1 amide bonds. The topological polar surface area (TPSA) is 149 Å². The van der Waals surface area contributed by atoms with Gasteiger partial charge in [0.1, 0.15) is 24.4 Å². The minimum atomic E-state index is -1.56. The molecule has 0 radical (unpaired) electrons. The minimum absolute atomic E-state index is 0.195. The van der Waals surface area contributed by atoms with E-state index in [1.165, 1.54) is 128 Å². The van der Waals surface area contributed by atoms with Gasteiger partial charge >= 0.3 is 0 Å². The molecule has 1 saturated heterocycles. The molecule has 1 fully saturated rings. The number of carbonyl (C=O) groups is 1. The van der Waals surface area contributed by atoms with E-state index in [1.807, 2.05) is 6.08 Å². The number of hydrogen-bond acceptors (Lipinski definition) is 8. The molecule has 1 aliphatic rings. The van der Waals surface area contributed by atoms with Crippen LogP contribution in [0.2, 0.25) is 0 Å². The van der Waals surface area contributed by atoms with Gasteiger partial charge in [-0.2, -0.15) is 0 Å². The zero-order valence-electron chi connectivity index (χ0n) is 30.0. The normalized spacial score (nSPS) is 22.9. The zero-order valence-corrected chi connectivity index (χ0v) is 30.0. The summed E-state index contributed by atoms with van der Waals surface area (Å²) in [6.45, 7) is 3.22. The summed E-state index contributed by atoms with van der Waals surface area (Å²) in [7, 11) is 0. The molecular formula is C38H73NO8. The van der Waals surface area contributed by atoms with Gasteiger partial charge in [0, 0.05) is 6.42 Å². The molecule has 1 heterocycles. The molecule has 9 heteroatoms. The Balaban J connectivity index is 2.05. The maximum absolute atomic E-state index is 12.0. The van der Waals surface area contributed by atoms with Crippen LogP contribution in [-0.4, -0.2) is 87.5 Å². The highest BCUT2D eigenvalue weighted by atomic mass is 16.7. The van der Waals surface area contributed by atoms with E-state index < -0.39 is 49.5 Å². The number of rotatable bonds is 31. The monoisotopic (exact) mass is 672 g/mol. The van der Waals surface area contributed by atoms with Crippen LogP contribution in [0.25, 0.3) is 0 Å². The molecule has 0 aliphatic carbocycles. The molecule has 0 aromatic rings. The number of nitrogens with one attached hydrogen (secondary N) is 1. The maximum Gasteiger partial charge on any atom is 0.220 e. The smallest absolute Gasteiger partial charge is 0.220 e. The van der Waals surface area contributed by atoms with Gasteiger partial charge < -0.3 is 40.3 Å². The molecule has 7 unspecified atom stereocenters. The number of aliphatic hydroxyl groups excluding tert-OH is 5. The van der Waals surface area contributed by atoms with Crippen LogP contribution in [-0.2, 0) is 14.3 Å². The molecule has 278 valence electrons. The Morgan fingerprint density at radius 1 is 0.702 bits per heavy atom. The van der Waals surface area contributed by atoms with Crippen LogP contribution < -0.4 is 5.32 Å². The van der Waals surface area contributed by atoms with Crippen molar-refractivity contribution < 1.29 is 39.8 Å². The standard InChI is InChI=1S/C38H73NO8/c1-3-5-6-7-8-9-10-11-12-13-14-15-16-17-18-19-20-21-22-23-24-25-26-27-28-32(41)31(39-34(42)4-2)30-46-38-37(45)36(44)35(43)33(29-40)47-38/h27-28,31-33,35-38,40-41,43-45H,3-26,29-30H2,1-2H3,(H,39,42)/b28-27+. The van der Waals surface area contributed by atoms with Gasteiger partial charge in [0.15, 0.2) is 6.29 Å². The number of ether oxygens (including phenoxy) is 2. The molecule has 1 aliphatic heterocycles. The van der Waals surface area contributed by atoms with Crippen molar-refractivity contribution in [3.63, 3.8) is 0 Å². The molecule has 0 spiro atoms. The van der Waals surface area contributed by atoms with Crippen molar-refractivity contribution in [2.75, 3.05) is 13.2 Å². The predicted molar refractivity (Wildman–Crippen MR) is 189 cm³/mol. The summed E-state index contributed by atoms with van der Waals surface area (Å²) in [5.74, 6) is -0.264. The largest absolute Gasteiger partial charge is 0.394 e. The predicted octanol–water partition coefficient (Wildman–Crippen LogP) is 6.61. The van der Waals surface area contributed by atoms with E-state index in [9.17, 15) is 30.3 Å². The first-order chi connectivity index (χ1) is 22.8. The van der Waals surface area contributed by atoms with Crippen molar-refractivity contribution in [3.05, 3.63) is 12.2 Å². The molecule has 7 atom stereocenters. The fourth-order valence-corrected chi connectivity index (χ4v) is 6.18. The Kier molecular flexibility index (Phi) is 27.9. The van der Waals surface area contributed by atoms with Crippen molar-refractivity contribution in [3.8, 4) is 0 Å². The molecule has 0 saturated carbocycles. The summed E-state index contributed by atoms with van der Waals surface area (Å²) >= 11 is 0. The van der Waals surface area contributed by atoms with E-state index in [0.29, 0.717) is 0 Å². The van der Waals surface area contributed by atoms with Crippen LogP contribution in [0.5, 0.6) is 0 Å². The van der Waals surface area contributed by atoms with Crippen LogP contribution in [0, 0.1) is 0 Å². The van der Waals surface area contributed by atoms with Gasteiger partial charge in [-0.25, -0.2) is 0 Å². The van der Waals surface area contributed by atoms with Gasteiger partial charge in [-0.1, -0.05) is 161 Å². The number of amides is 1. The highest BCUT2D eigenvalue weighted by Gasteiger charge is 2.44. The first-order valence-corrected chi connectivity index (χ1v) is 19.4. The Morgan fingerprint density at radius 3 is 1.57 bits per heavy atom. The van der Waals surface area contributed by atoms with Crippen molar-refractivity contribution in [1.29, 1.82) is 0 Å². The SMILES string of the molecule is CCCCCCCCCCCCCCCCCCCCCCCC/C=C/C(O)C(COC1OC(CO)C(O)C(O)C1O)NC(=O)CC. The van der Waals surface area contributed by atoms with Gasteiger partial charge in [-0.3, -0.25) is 4.79 Å². The zero-order chi connectivity index (χ0) is 34.5. The lowest BCUT2D eigenvalue weighted by atomic mass is 9.99. The molecule has 0 aromatic heterocycles. The average molecular weight is 672 g/mol. The average Bonchev–Trinajstić information content (AvgIpc) is 3.07. The third-order valence-corrected chi connectivity index (χ3v) is 9.43. The van der Waals surface area contributed by atoms with E-state index >= 15 is 0 Å². The number of carbonyl (C=O) groups excluding carboxylic acids is 1. The molecule has 0 aromatic carbocycles. The molecular weight excluding hydrogens is 598 g/mol. The quantitative estimate of drug-likeness (QED) is 0.0357. The van der Waals surface area contributed by atoms with Crippen molar-refractivity contribution >= 4 is 5.91 Å². The Labute approximate surface area is 286 Å². The van der Waals surface area contributed by atoms with Gasteiger partial charge in [-0.15, -0.1) is 0 Å². The van der Waals surface area contributed by atoms with E-state index in [1.54, 1.807) is 13.0 Å². The second-order valence-electron chi connectivity index (χ2n) is 13.7. The van der Waals surface area contributed by atoms with Crippen LogP contribution in [0.15, 0.2) is 12.2 Å². The molecule has 1 rings (SSSR count). The summed E-state index contributed by atoms with van der Waals surface area (Å²) in [5, 5.41) is 52.9. The van der Waals surface area contributed by atoms with Crippen LogP contribution in [0.1, 0.15) is 168 Å². The highest BCUT2D eigenvalue weighted by molar-refractivity contribution is 5.75. The number of aliphatic hydroxyl groups is 5. The van der Waals surface area contributed by atoms with Gasteiger partial charge in [-0.05, 0) is 12.8 Å². The fourth-order valence-electron chi connectivity index (χ4n) is 6.18. The fraction of sp³-hybridized carbons (Fsp3) is 0.921. The minimum Gasteiger partial charge on any atom is -0.394 e. The first kappa shape index (κ1) is 44.0. The number of allylic oxidation sites excluding steroid dienone is 1. The third-order valence-electron chi connectivity index (χ3n) is 9.43. The van der Waals surface area contributed by atoms with Crippen LogP contribution in [0.4, 0.5) is 0 Å². The lowest BCUT2D eigenvalue weighted by Gasteiger charge is -2.40. The summed E-state index contributed by atoms with van der Waals surface area (Å²) < 4.78 is 10.9. The third kappa shape index (κ3) is 21.6. The van der Waals surface area contributed by atoms with Crippen molar-refractivity contribution in [2.24, 2.45) is 0 Å².